The van der Waals surface area contributed by atoms with E-state index in [-0.39, 0.29) is 0 Å². The van der Waals surface area contributed by atoms with E-state index in [9.17, 15) is 0 Å². The zero-order chi connectivity index (χ0) is 12.1. The van der Waals surface area contributed by atoms with E-state index in [2.05, 4.69) is 16.7 Å². The molecule has 1 unspecified atom stereocenters. The molecular formula is C14H29N3. The Kier molecular flexibility index (Phi) is 5.26. The molecule has 0 saturated carbocycles. The van der Waals surface area contributed by atoms with Gasteiger partial charge >= 0.3 is 0 Å². The molecular weight excluding hydrogens is 210 g/mol. The van der Waals surface area contributed by atoms with Crippen molar-refractivity contribution < 1.29 is 0 Å². The maximum atomic E-state index is 5.94. The molecule has 100 valence electrons. The lowest BCUT2D eigenvalue weighted by Gasteiger charge is -2.35. The summed E-state index contributed by atoms with van der Waals surface area (Å²) < 4.78 is 0. The molecule has 0 aliphatic carbocycles. The van der Waals surface area contributed by atoms with E-state index in [1.54, 1.807) is 0 Å². The highest BCUT2D eigenvalue weighted by atomic mass is 15.2. The van der Waals surface area contributed by atoms with Gasteiger partial charge in [-0.3, -0.25) is 0 Å². The zero-order valence-corrected chi connectivity index (χ0v) is 11.4. The number of nitrogens with zero attached hydrogens (tertiary/aromatic N) is 2. The molecule has 0 spiro atoms. The Balaban J connectivity index is 1.64. The van der Waals surface area contributed by atoms with Crippen LogP contribution in [0.5, 0.6) is 0 Å². The highest BCUT2D eigenvalue weighted by molar-refractivity contribution is 4.77. The van der Waals surface area contributed by atoms with Gasteiger partial charge in [-0.2, -0.15) is 0 Å². The molecule has 2 N–H and O–H groups in total. The van der Waals surface area contributed by atoms with Crippen LogP contribution in [0, 0.1) is 5.92 Å². The molecule has 2 rings (SSSR count). The minimum absolute atomic E-state index is 0.464. The van der Waals surface area contributed by atoms with Crippen molar-refractivity contribution in [1.29, 1.82) is 0 Å². The minimum Gasteiger partial charge on any atom is -0.328 e. The van der Waals surface area contributed by atoms with Crippen molar-refractivity contribution >= 4 is 0 Å². The van der Waals surface area contributed by atoms with Crippen molar-refractivity contribution in [3.63, 3.8) is 0 Å². The van der Waals surface area contributed by atoms with E-state index >= 15 is 0 Å². The molecule has 2 saturated heterocycles. The van der Waals surface area contributed by atoms with Crippen LogP contribution in [0.15, 0.2) is 0 Å². The highest BCUT2D eigenvalue weighted by Crippen LogP contribution is 2.19. The molecule has 2 aliphatic rings. The Hall–Kier alpha value is -0.120. The van der Waals surface area contributed by atoms with Gasteiger partial charge in [0.25, 0.3) is 0 Å². The second-order valence-electron chi connectivity index (χ2n) is 5.90. The molecule has 3 heteroatoms. The van der Waals surface area contributed by atoms with Crippen molar-refractivity contribution in [2.24, 2.45) is 11.7 Å². The number of nitrogens with two attached hydrogens (primary N) is 1. The number of hydrogen-bond acceptors (Lipinski definition) is 3. The summed E-state index contributed by atoms with van der Waals surface area (Å²) in [6, 6.07) is 0.464. The van der Waals surface area contributed by atoms with E-state index < -0.39 is 0 Å². The number of rotatable bonds is 4. The predicted molar refractivity (Wildman–Crippen MR) is 73.1 cm³/mol. The molecule has 0 aromatic rings. The summed E-state index contributed by atoms with van der Waals surface area (Å²) in [5, 5.41) is 0. The molecule has 0 aromatic carbocycles. The maximum absolute atomic E-state index is 5.94. The summed E-state index contributed by atoms with van der Waals surface area (Å²) >= 11 is 0. The fourth-order valence-electron chi connectivity index (χ4n) is 3.15. The van der Waals surface area contributed by atoms with Crippen molar-refractivity contribution in [2.75, 3.05) is 39.3 Å². The fourth-order valence-corrected chi connectivity index (χ4v) is 3.15. The summed E-state index contributed by atoms with van der Waals surface area (Å²) in [4.78, 5) is 5.27. The van der Waals surface area contributed by atoms with Gasteiger partial charge < -0.3 is 15.5 Å². The largest absolute Gasteiger partial charge is 0.328 e. The van der Waals surface area contributed by atoms with Crippen LogP contribution in [0.25, 0.3) is 0 Å². The first kappa shape index (κ1) is 13.3. The Bertz CT molecular complexity index is 212. The average molecular weight is 239 g/mol. The van der Waals surface area contributed by atoms with E-state index in [4.69, 9.17) is 5.73 Å². The van der Waals surface area contributed by atoms with Gasteiger partial charge in [0, 0.05) is 25.7 Å². The summed E-state index contributed by atoms with van der Waals surface area (Å²) in [5.41, 5.74) is 5.94. The van der Waals surface area contributed by atoms with E-state index in [0.29, 0.717) is 6.04 Å². The van der Waals surface area contributed by atoms with Gasteiger partial charge in [0.15, 0.2) is 0 Å². The third-order valence-corrected chi connectivity index (χ3v) is 4.55. The Morgan fingerprint density at radius 1 is 1.00 bits per heavy atom. The second kappa shape index (κ2) is 6.72. The first-order chi connectivity index (χ1) is 8.28. The van der Waals surface area contributed by atoms with Crippen molar-refractivity contribution in [3.05, 3.63) is 0 Å². The van der Waals surface area contributed by atoms with Gasteiger partial charge in [-0.25, -0.2) is 0 Å². The Morgan fingerprint density at radius 3 is 2.41 bits per heavy atom. The van der Waals surface area contributed by atoms with Crippen LogP contribution in [-0.2, 0) is 0 Å². The first-order valence-corrected chi connectivity index (χ1v) is 7.48. The zero-order valence-electron chi connectivity index (χ0n) is 11.4. The Morgan fingerprint density at radius 2 is 1.71 bits per heavy atom. The van der Waals surface area contributed by atoms with E-state index in [0.717, 1.165) is 5.92 Å². The van der Waals surface area contributed by atoms with Crippen LogP contribution in [-0.4, -0.2) is 55.1 Å². The molecule has 2 heterocycles. The predicted octanol–water partition coefficient (Wildman–Crippen LogP) is 1.53. The number of hydrogen-bond donors (Lipinski definition) is 1. The third kappa shape index (κ3) is 4.23. The van der Waals surface area contributed by atoms with Crippen LogP contribution >= 0.6 is 0 Å². The van der Waals surface area contributed by atoms with Crippen LogP contribution in [0.1, 0.15) is 39.0 Å². The van der Waals surface area contributed by atoms with Gasteiger partial charge in [0.05, 0.1) is 0 Å². The Labute approximate surface area is 106 Å². The summed E-state index contributed by atoms with van der Waals surface area (Å²) in [7, 11) is 0. The first-order valence-electron chi connectivity index (χ1n) is 7.48. The quantitative estimate of drug-likeness (QED) is 0.807. The fraction of sp³-hybridized carbons (Fsp3) is 1.00. The monoisotopic (exact) mass is 239 g/mol. The topological polar surface area (TPSA) is 32.5 Å². The van der Waals surface area contributed by atoms with Gasteiger partial charge in [0.1, 0.15) is 0 Å². The lowest BCUT2D eigenvalue weighted by atomic mass is 9.96. The van der Waals surface area contributed by atoms with Crippen molar-refractivity contribution in [2.45, 2.75) is 45.1 Å². The van der Waals surface area contributed by atoms with Gasteiger partial charge in [-0.15, -0.1) is 0 Å². The average Bonchev–Trinajstić information content (AvgIpc) is 2.38. The smallest absolute Gasteiger partial charge is 0.0109 e. The summed E-state index contributed by atoms with van der Waals surface area (Å²) in [5.74, 6) is 0.957. The summed E-state index contributed by atoms with van der Waals surface area (Å²) in [6.45, 7) is 9.95. The van der Waals surface area contributed by atoms with Gasteiger partial charge in [0.2, 0.25) is 0 Å². The summed E-state index contributed by atoms with van der Waals surface area (Å²) in [6.07, 6.45) is 6.60. The lowest BCUT2D eigenvalue weighted by molar-refractivity contribution is 0.134. The standard InChI is InChI=1S/C14H29N3/c1-2-13-4-3-7-17(12-13)11-10-16-8-5-14(15)6-9-16/h13-14H,2-12,15H2,1H3. The van der Waals surface area contributed by atoms with Gasteiger partial charge in [-0.1, -0.05) is 13.3 Å². The molecule has 2 fully saturated rings. The molecule has 3 nitrogen and oxygen atoms in total. The molecule has 17 heavy (non-hydrogen) atoms. The van der Waals surface area contributed by atoms with Crippen molar-refractivity contribution in [3.8, 4) is 0 Å². The molecule has 0 aromatic heterocycles. The molecule has 0 amide bonds. The SMILES string of the molecule is CCC1CCCN(CCN2CCC(N)CC2)C1. The molecule has 1 atom stereocenters. The maximum Gasteiger partial charge on any atom is 0.0109 e. The normalized spacial score (nSPS) is 29.6. The van der Waals surface area contributed by atoms with Crippen LogP contribution in [0.2, 0.25) is 0 Å². The van der Waals surface area contributed by atoms with E-state index in [1.165, 1.54) is 71.4 Å². The molecule has 0 radical (unpaired) electrons. The minimum atomic E-state index is 0.464. The lowest BCUT2D eigenvalue weighted by Crippen LogP contribution is -2.45. The number of piperidine rings is 2. The highest BCUT2D eigenvalue weighted by Gasteiger charge is 2.20. The number of likely N-dealkylation sites (tertiary alicyclic amines) is 2. The van der Waals surface area contributed by atoms with Crippen LogP contribution in [0.4, 0.5) is 0 Å². The molecule has 0 bridgehead atoms. The molecule has 2 aliphatic heterocycles. The third-order valence-electron chi connectivity index (χ3n) is 4.55. The van der Waals surface area contributed by atoms with E-state index in [1.807, 2.05) is 0 Å². The second-order valence-corrected chi connectivity index (χ2v) is 5.90. The van der Waals surface area contributed by atoms with Crippen molar-refractivity contribution in [1.82, 2.24) is 9.80 Å². The van der Waals surface area contributed by atoms with Crippen LogP contribution < -0.4 is 5.73 Å². The van der Waals surface area contributed by atoms with Crippen LogP contribution in [0.3, 0.4) is 0 Å². The van der Waals surface area contributed by atoms with Gasteiger partial charge in [-0.05, 0) is 51.2 Å².